The maximum absolute atomic E-state index is 12.1. The SMILES string of the molecule is C[C@@H]1N=c2ccc(OC(F)(F)F)cc2=C1CCN. The molecule has 1 aromatic carbocycles. The highest BCUT2D eigenvalue weighted by Gasteiger charge is 2.31. The molecule has 1 atom stereocenters. The van der Waals surface area contributed by atoms with Gasteiger partial charge in [-0.05, 0) is 43.7 Å². The molecule has 0 amide bonds. The predicted octanol–water partition coefficient (Wildman–Crippen LogP) is 1.11. The molecule has 2 N–H and O–H groups in total. The van der Waals surface area contributed by atoms with Crippen molar-refractivity contribution in [2.75, 3.05) is 6.54 Å². The van der Waals surface area contributed by atoms with E-state index in [4.69, 9.17) is 5.73 Å². The zero-order chi connectivity index (χ0) is 13.3. The van der Waals surface area contributed by atoms with E-state index in [0.717, 1.165) is 5.57 Å². The van der Waals surface area contributed by atoms with E-state index in [1.165, 1.54) is 18.2 Å². The van der Waals surface area contributed by atoms with Gasteiger partial charge in [-0.3, -0.25) is 4.99 Å². The average molecular weight is 258 g/mol. The van der Waals surface area contributed by atoms with Crippen molar-refractivity contribution < 1.29 is 17.9 Å². The van der Waals surface area contributed by atoms with Gasteiger partial charge in [0.15, 0.2) is 0 Å². The Balaban J connectivity index is 2.46. The third-order valence-corrected chi connectivity index (χ3v) is 2.80. The zero-order valence-electron chi connectivity index (χ0n) is 9.79. The van der Waals surface area contributed by atoms with Crippen LogP contribution in [0.4, 0.5) is 13.2 Å². The molecule has 1 aliphatic heterocycles. The number of benzene rings is 1. The van der Waals surface area contributed by atoms with Crippen LogP contribution >= 0.6 is 0 Å². The molecule has 0 radical (unpaired) electrons. The largest absolute Gasteiger partial charge is 0.573 e. The zero-order valence-corrected chi connectivity index (χ0v) is 9.79. The number of alkyl halides is 3. The van der Waals surface area contributed by atoms with Gasteiger partial charge >= 0.3 is 6.36 Å². The van der Waals surface area contributed by atoms with Crippen molar-refractivity contribution in [1.29, 1.82) is 0 Å². The molecule has 0 spiro atoms. The van der Waals surface area contributed by atoms with Gasteiger partial charge in [0, 0.05) is 5.22 Å². The number of hydrogen-bond donors (Lipinski definition) is 1. The van der Waals surface area contributed by atoms with Gasteiger partial charge in [-0.25, -0.2) is 0 Å². The van der Waals surface area contributed by atoms with Crippen LogP contribution in [0.1, 0.15) is 13.3 Å². The van der Waals surface area contributed by atoms with Crippen molar-refractivity contribution in [1.82, 2.24) is 0 Å². The van der Waals surface area contributed by atoms with Crippen molar-refractivity contribution in [2.24, 2.45) is 10.7 Å². The molecule has 3 nitrogen and oxygen atoms in total. The fourth-order valence-corrected chi connectivity index (χ4v) is 2.09. The Morgan fingerprint density at radius 1 is 1.39 bits per heavy atom. The lowest BCUT2D eigenvalue weighted by Gasteiger charge is -2.08. The lowest BCUT2D eigenvalue weighted by Crippen LogP contribution is -2.25. The second-order valence-corrected chi connectivity index (χ2v) is 4.10. The third-order valence-electron chi connectivity index (χ3n) is 2.80. The van der Waals surface area contributed by atoms with Crippen LogP contribution in [0.15, 0.2) is 23.2 Å². The summed E-state index contributed by atoms with van der Waals surface area (Å²) in [5.74, 6) is -0.222. The van der Waals surface area contributed by atoms with Crippen molar-refractivity contribution in [3.8, 4) is 5.75 Å². The summed E-state index contributed by atoms with van der Waals surface area (Å²) >= 11 is 0. The summed E-state index contributed by atoms with van der Waals surface area (Å²) < 4.78 is 40.3. The average Bonchev–Trinajstić information content (AvgIpc) is 2.54. The van der Waals surface area contributed by atoms with Crippen molar-refractivity contribution in [3.63, 3.8) is 0 Å². The van der Waals surface area contributed by atoms with Gasteiger partial charge in [-0.2, -0.15) is 0 Å². The molecule has 0 saturated carbocycles. The third kappa shape index (κ3) is 2.64. The Hall–Kier alpha value is -1.56. The molecule has 0 fully saturated rings. The highest BCUT2D eigenvalue weighted by Crippen LogP contribution is 2.21. The van der Waals surface area contributed by atoms with Gasteiger partial charge in [0.2, 0.25) is 0 Å². The fraction of sp³-hybridized carbons (Fsp3) is 0.417. The second kappa shape index (κ2) is 4.61. The smallest absolute Gasteiger partial charge is 0.406 e. The topological polar surface area (TPSA) is 47.6 Å². The lowest BCUT2D eigenvalue weighted by molar-refractivity contribution is -0.274. The molecular weight excluding hydrogens is 245 g/mol. The van der Waals surface area contributed by atoms with Gasteiger partial charge in [-0.1, -0.05) is 0 Å². The minimum absolute atomic E-state index is 0.0373. The summed E-state index contributed by atoms with van der Waals surface area (Å²) in [6.07, 6.45) is -4.06. The Morgan fingerprint density at radius 2 is 2.11 bits per heavy atom. The standard InChI is InChI=1S/C12H13F3N2O/c1-7-9(4-5-16)10-6-8(18-12(13,14)15)2-3-11(10)17-7/h2-3,6-7H,4-5,16H2,1H3/t7-/m0/s1. The maximum atomic E-state index is 12.1. The molecule has 1 heterocycles. The van der Waals surface area contributed by atoms with Gasteiger partial charge in [0.05, 0.1) is 11.4 Å². The summed E-state index contributed by atoms with van der Waals surface area (Å²) in [5, 5.41) is 1.40. The molecule has 0 bridgehead atoms. The molecule has 1 aliphatic rings. The van der Waals surface area contributed by atoms with E-state index in [9.17, 15) is 13.2 Å². The Morgan fingerprint density at radius 3 is 2.72 bits per heavy atom. The predicted molar refractivity (Wildman–Crippen MR) is 60.4 cm³/mol. The van der Waals surface area contributed by atoms with Gasteiger partial charge in [0.25, 0.3) is 0 Å². The van der Waals surface area contributed by atoms with Crippen LogP contribution in [0, 0.1) is 0 Å². The van der Waals surface area contributed by atoms with E-state index in [1.54, 1.807) is 0 Å². The molecule has 98 valence electrons. The molecule has 6 heteroatoms. The Labute approximate surface area is 102 Å². The minimum atomic E-state index is -4.68. The Bertz CT molecular complexity index is 566. The molecule has 0 saturated heterocycles. The molecule has 18 heavy (non-hydrogen) atoms. The van der Waals surface area contributed by atoms with Crippen molar-refractivity contribution >= 4 is 5.57 Å². The number of rotatable bonds is 3. The number of fused-ring (bicyclic) bond motifs is 1. The number of nitrogens with zero attached hydrogens (tertiary/aromatic N) is 1. The van der Waals surface area contributed by atoms with E-state index >= 15 is 0 Å². The second-order valence-electron chi connectivity index (χ2n) is 4.10. The summed E-state index contributed by atoms with van der Waals surface area (Å²) in [6, 6.07) is 4.15. The normalized spacial score (nSPS) is 18.5. The first-order valence-corrected chi connectivity index (χ1v) is 5.57. The van der Waals surface area contributed by atoms with E-state index < -0.39 is 6.36 Å². The first-order valence-electron chi connectivity index (χ1n) is 5.57. The van der Waals surface area contributed by atoms with Crippen LogP contribution in [0.2, 0.25) is 0 Å². The summed E-state index contributed by atoms with van der Waals surface area (Å²) in [5.41, 5.74) is 6.45. The van der Waals surface area contributed by atoms with E-state index in [-0.39, 0.29) is 11.8 Å². The number of halogens is 3. The van der Waals surface area contributed by atoms with Crippen molar-refractivity contribution in [2.45, 2.75) is 25.7 Å². The van der Waals surface area contributed by atoms with E-state index in [0.29, 0.717) is 23.5 Å². The number of nitrogens with two attached hydrogens (primary N) is 1. The molecule has 0 aromatic heterocycles. The van der Waals surface area contributed by atoms with Crippen LogP contribution in [0.25, 0.3) is 5.57 Å². The number of hydrogen-bond acceptors (Lipinski definition) is 3. The lowest BCUT2D eigenvalue weighted by atomic mass is 10.0. The van der Waals surface area contributed by atoms with Crippen LogP contribution in [0.3, 0.4) is 0 Å². The minimum Gasteiger partial charge on any atom is -0.406 e. The van der Waals surface area contributed by atoms with Crippen molar-refractivity contribution in [3.05, 3.63) is 28.8 Å². The van der Waals surface area contributed by atoms with Crippen LogP contribution in [-0.4, -0.2) is 18.9 Å². The molecule has 1 aromatic rings. The fourth-order valence-electron chi connectivity index (χ4n) is 2.09. The summed E-state index contributed by atoms with van der Waals surface area (Å²) in [4.78, 5) is 4.36. The highest BCUT2D eigenvalue weighted by molar-refractivity contribution is 5.53. The first kappa shape index (κ1) is 12.9. The van der Waals surface area contributed by atoms with Gasteiger partial charge < -0.3 is 10.5 Å². The molecule has 0 aliphatic carbocycles. The first-order chi connectivity index (χ1) is 8.40. The summed E-state index contributed by atoms with van der Waals surface area (Å²) in [7, 11) is 0. The van der Waals surface area contributed by atoms with Crippen LogP contribution in [-0.2, 0) is 0 Å². The highest BCUT2D eigenvalue weighted by atomic mass is 19.4. The monoisotopic (exact) mass is 258 g/mol. The Kier molecular flexibility index (Phi) is 3.30. The van der Waals surface area contributed by atoms with Crippen LogP contribution < -0.4 is 21.0 Å². The maximum Gasteiger partial charge on any atom is 0.573 e. The molecular formula is C12H13F3N2O. The van der Waals surface area contributed by atoms with Crippen LogP contribution in [0.5, 0.6) is 5.75 Å². The quantitative estimate of drug-likeness (QED) is 0.882. The molecule has 2 rings (SSSR count). The van der Waals surface area contributed by atoms with Gasteiger partial charge in [0.1, 0.15) is 5.75 Å². The van der Waals surface area contributed by atoms with Gasteiger partial charge in [-0.15, -0.1) is 13.2 Å². The van der Waals surface area contributed by atoms with E-state index in [2.05, 4.69) is 9.73 Å². The summed E-state index contributed by atoms with van der Waals surface area (Å²) in [6.45, 7) is 2.34. The number of ether oxygens (including phenoxy) is 1. The van der Waals surface area contributed by atoms with E-state index in [1.807, 2.05) is 6.92 Å². The molecule has 0 unspecified atom stereocenters.